The molecule has 9 heteroatoms. The average molecular weight is 565 g/mol. The molecule has 1 unspecified atom stereocenters. The van der Waals surface area contributed by atoms with Gasteiger partial charge in [-0.1, -0.05) is 25.5 Å². The molecule has 0 radical (unpaired) electrons. The summed E-state index contributed by atoms with van der Waals surface area (Å²) < 4.78 is 21.0. The van der Waals surface area contributed by atoms with Crippen molar-refractivity contribution in [1.29, 1.82) is 0 Å². The number of carbonyl (C=O) groups excluding carboxylic acids is 3. The average Bonchev–Trinajstić information content (AvgIpc) is 3.87. The molecule has 1 aliphatic heterocycles. The van der Waals surface area contributed by atoms with Gasteiger partial charge >= 0.3 is 0 Å². The van der Waals surface area contributed by atoms with Crippen molar-refractivity contribution < 1.29 is 23.5 Å². The summed E-state index contributed by atoms with van der Waals surface area (Å²) in [6.07, 6.45) is 9.46. The fraction of sp³-hybridized carbons (Fsp3) is 0.594. The lowest BCUT2D eigenvalue weighted by Gasteiger charge is -2.39. The second-order valence-electron chi connectivity index (χ2n) is 13.2. The van der Waals surface area contributed by atoms with Crippen LogP contribution < -0.4 is 16.0 Å². The number of nitrogens with zero attached hydrogens (tertiary/aromatic N) is 1. The predicted octanol–water partition coefficient (Wildman–Crippen LogP) is 4.30. The van der Waals surface area contributed by atoms with Crippen LogP contribution in [0.3, 0.4) is 0 Å². The van der Waals surface area contributed by atoms with Crippen LogP contribution in [0.25, 0.3) is 0 Å². The first-order chi connectivity index (χ1) is 19.7. The Morgan fingerprint density at radius 2 is 1.83 bits per heavy atom. The van der Waals surface area contributed by atoms with Crippen LogP contribution >= 0.6 is 0 Å². The number of amides is 3. The lowest BCUT2D eigenvalue weighted by atomic mass is 9.70. The molecule has 1 aromatic carbocycles. The van der Waals surface area contributed by atoms with Crippen LogP contribution in [-0.4, -0.2) is 48.1 Å². The number of carbonyl (C=O) groups is 3. The van der Waals surface area contributed by atoms with E-state index < -0.39 is 23.2 Å². The summed E-state index contributed by atoms with van der Waals surface area (Å²) in [7, 11) is 1.61. The first-order valence-corrected chi connectivity index (χ1v) is 15.1. The number of nitrogens with one attached hydrogen (secondary N) is 3. The molecule has 8 nitrogen and oxygen atoms in total. The predicted molar refractivity (Wildman–Crippen MR) is 153 cm³/mol. The van der Waals surface area contributed by atoms with Gasteiger partial charge in [0, 0.05) is 38.1 Å². The van der Waals surface area contributed by atoms with Gasteiger partial charge in [-0.25, -0.2) is 4.39 Å². The molecule has 3 amide bonds. The first kappa shape index (κ1) is 27.9. The van der Waals surface area contributed by atoms with Crippen LogP contribution in [0, 0.1) is 29.0 Å². The molecule has 2 heterocycles. The van der Waals surface area contributed by atoms with E-state index in [-0.39, 0.29) is 28.8 Å². The van der Waals surface area contributed by atoms with Crippen LogP contribution in [0.15, 0.2) is 36.5 Å². The van der Waals surface area contributed by atoms with Gasteiger partial charge in [-0.2, -0.15) is 0 Å². The van der Waals surface area contributed by atoms with E-state index in [4.69, 9.17) is 4.74 Å². The number of hydrogen-bond donors (Lipinski definition) is 3. The summed E-state index contributed by atoms with van der Waals surface area (Å²) in [5.74, 6) is -0.435. The van der Waals surface area contributed by atoms with Crippen LogP contribution in [0.2, 0.25) is 0 Å². The van der Waals surface area contributed by atoms with Gasteiger partial charge in [0.05, 0.1) is 12.0 Å². The number of anilines is 1. The molecule has 3 saturated carbocycles. The Balaban J connectivity index is 1.21. The Kier molecular flexibility index (Phi) is 7.42. The number of benzene rings is 1. The van der Waals surface area contributed by atoms with E-state index in [1.807, 2.05) is 24.3 Å². The Hall–Kier alpha value is -3.20. The van der Waals surface area contributed by atoms with Crippen molar-refractivity contribution in [3.63, 3.8) is 0 Å². The molecule has 6 rings (SSSR count). The smallest absolute Gasteiger partial charge is 0.268 e. The Labute approximate surface area is 240 Å². The van der Waals surface area contributed by atoms with Crippen molar-refractivity contribution in [2.24, 2.45) is 30.2 Å². The third kappa shape index (κ3) is 5.78. The molecule has 1 aromatic heterocycles. The highest BCUT2D eigenvalue weighted by Gasteiger charge is 2.49. The maximum Gasteiger partial charge on any atom is 0.268 e. The molecular formula is C32H41FN4O4. The van der Waals surface area contributed by atoms with Crippen molar-refractivity contribution in [2.75, 3.05) is 25.1 Å². The van der Waals surface area contributed by atoms with Gasteiger partial charge in [0.1, 0.15) is 17.6 Å². The van der Waals surface area contributed by atoms with E-state index in [0.717, 1.165) is 44.1 Å². The monoisotopic (exact) mass is 564 g/mol. The third-order valence-corrected chi connectivity index (χ3v) is 9.87. The maximum atomic E-state index is 13.9. The fourth-order valence-corrected chi connectivity index (χ4v) is 6.83. The second kappa shape index (κ2) is 10.9. The standard InChI is InChI=1S/C32H41FN4O4/c1-31(11-4-12-31)18-34-30(40)32(13-14-41-19-32)22-5-3-6-24(15-22)35-29(39)27(26(20-7-8-20)21-9-10-21)36-28(38)25-16-23(33)17-37(25)2/h3,5-6,15-17,20-21,26-27H,4,7-14,18-19H2,1-2H3,(H,34,40)(H,35,39)(H,36,38)/t27-,32?/m0/s1. The molecule has 4 fully saturated rings. The molecule has 3 N–H and O–H groups in total. The van der Waals surface area contributed by atoms with Crippen molar-refractivity contribution >= 4 is 23.4 Å². The number of hydrogen-bond acceptors (Lipinski definition) is 4. The van der Waals surface area contributed by atoms with Gasteiger partial charge in [-0.3, -0.25) is 14.4 Å². The van der Waals surface area contributed by atoms with Gasteiger partial charge in [-0.15, -0.1) is 0 Å². The highest BCUT2D eigenvalue weighted by atomic mass is 19.1. The van der Waals surface area contributed by atoms with E-state index in [1.165, 1.54) is 23.3 Å². The van der Waals surface area contributed by atoms with Gasteiger partial charge in [0.2, 0.25) is 11.8 Å². The normalized spacial score (nSPS) is 24.0. The minimum Gasteiger partial charge on any atom is -0.380 e. The zero-order chi connectivity index (χ0) is 28.8. The summed E-state index contributed by atoms with van der Waals surface area (Å²) in [6, 6.07) is 7.91. The molecule has 0 spiro atoms. The number of halogens is 1. The number of ether oxygens (including phenoxy) is 1. The van der Waals surface area contributed by atoms with Gasteiger partial charge in [0.25, 0.3) is 5.91 Å². The molecule has 3 aliphatic carbocycles. The summed E-state index contributed by atoms with van der Waals surface area (Å²) >= 11 is 0. The fourth-order valence-electron chi connectivity index (χ4n) is 6.83. The highest BCUT2D eigenvalue weighted by Crippen LogP contribution is 2.51. The number of aromatic nitrogens is 1. The van der Waals surface area contributed by atoms with Crippen LogP contribution in [-0.2, 0) is 26.8 Å². The first-order valence-electron chi connectivity index (χ1n) is 15.1. The number of rotatable bonds is 11. The van der Waals surface area contributed by atoms with Gasteiger partial charge in [0.15, 0.2) is 0 Å². The van der Waals surface area contributed by atoms with E-state index in [1.54, 1.807) is 7.05 Å². The van der Waals surface area contributed by atoms with Gasteiger partial charge in [-0.05, 0) is 85.8 Å². The minimum atomic E-state index is -0.810. The van der Waals surface area contributed by atoms with Crippen molar-refractivity contribution in [3.8, 4) is 0 Å². The van der Waals surface area contributed by atoms with E-state index in [0.29, 0.717) is 43.7 Å². The van der Waals surface area contributed by atoms with Crippen LogP contribution in [0.5, 0.6) is 0 Å². The molecule has 4 aliphatic rings. The quantitative estimate of drug-likeness (QED) is 0.379. The lowest BCUT2D eigenvalue weighted by Crippen LogP contribution is -2.50. The SMILES string of the molecule is Cn1cc(F)cc1C(=O)N[C@H](C(=O)Nc1cccc(C2(C(=O)NCC3(C)CCC3)CCOC2)c1)C(C1CC1)C1CC1. The zero-order valence-electron chi connectivity index (χ0n) is 24.0. The Bertz CT molecular complexity index is 1310. The number of aryl methyl sites for hydroxylation is 1. The summed E-state index contributed by atoms with van der Waals surface area (Å²) in [5.41, 5.74) is 0.918. The largest absolute Gasteiger partial charge is 0.380 e. The molecule has 1 saturated heterocycles. The lowest BCUT2D eigenvalue weighted by molar-refractivity contribution is -0.127. The van der Waals surface area contributed by atoms with Gasteiger partial charge < -0.3 is 25.3 Å². The summed E-state index contributed by atoms with van der Waals surface area (Å²) in [5, 5.41) is 9.22. The van der Waals surface area contributed by atoms with E-state index in [2.05, 4.69) is 22.9 Å². The molecular weight excluding hydrogens is 523 g/mol. The molecule has 41 heavy (non-hydrogen) atoms. The summed E-state index contributed by atoms with van der Waals surface area (Å²) in [4.78, 5) is 40.6. The summed E-state index contributed by atoms with van der Waals surface area (Å²) in [6.45, 7) is 3.66. The topological polar surface area (TPSA) is 101 Å². The van der Waals surface area contributed by atoms with E-state index in [9.17, 15) is 18.8 Å². The highest BCUT2D eigenvalue weighted by molar-refractivity contribution is 6.01. The van der Waals surface area contributed by atoms with E-state index >= 15 is 0 Å². The Morgan fingerprint density at radius 1 is 1.10 bits per heavy atom. The van der Waals surface area contributed by atoms with Crippen LogP contribution in [0.1, 0.15) is 74.3 Å². The van der Waals surface area contributed by atoms with Crippen molar-refractivity contribution in [2.45, 2.75) is 69.7 Å². The minimum absolute atomic E-state index is 0.0333. The third-order valence-electron chi connectivity index (χ3n) is 9.87. The molecule has 2 atom stereocenters. The zero-order valence-corrected chi connectivity index (χ0v) is 24.0. The molecule has 220 valence electrons. The maximum absolute atomic E-state index is 13.9. The molecule has 0 bridgehead atoms. The molecule has 2 aromatic rings. The van der Waals surface area contributed by atoms with Crippen LogP contribution in [0.4, 0.5) is 10.1 Å². The van der Waals surface area contributed by atoms with Crippen molar-refractivity contribution in [3.05, 3.63) is 53.6 Å². The second-order valence-corrected chi connectivity index (χ2v) is 13.2. The Morgan fingerprint density at radius 3 is 2.39 bits per heavy atom. The van der Waals surface area contributed by atoms with Crippen molar-refractivity contribution in [1.82, 2.24) is 15.2 Å².